The van der Waals surface area contributed by atoms with E-state index in [0.29, 0.717) is 11.5 Å². The first-order valence-electron chi connectivity index (χ1n) is 5.69. The second-order valence-electron chi connectivity index (χ2n) is 4.21. The summed E-state index contributed by atoms with van der Waals surface area (Å²) < 4.78 is 10.4. The number of carbonyl (C=O) groups excluding carboxylic acids is 1. The summed E-state index contributed by atoms with van der Waals surface area (Å²) in [4.78, 5) is 11.9. The van der Waals surface area contributed by atoms with Crippen molar-refractivity contribution in [2.45, 2.75) is 12.8 Å². The van der Waals surface area contributed by atoms with Gasteiger partial charge in [0.2, 0.25) is 5.91 Å². The van der Waals surface area contributed by atoms with Crippen LogP contribution in [0.3, 0.4) is 0 Å². The largest absolute Gasteiger partial charge is 0.493 e. The number of amides is 1. The lowest BCUT2D eigenvalue weighted by Crippen LogP contribution is -2.38. The average Bonchev–Trinajstić information content (AvgIpc) is 2.36. The van der Waals surface area contributed by atoms with E-state index in [1.807, 2.05) is 19.1 Å². The predicted molar refractivity (Wildman–Crippen MR) is 69.8 cm³/mol. The minimum atomic E-state index is -0.257. The Bertz CT molecular complexity index is 419. The van der Waals surface area contributed by atoms with Crippen LogP contribution in [0.5, 0.6) is 11.5 Å². The molecule has 0 aliphatic heterocycles. The van der Waals surface area contributed by atoms with Gasteiger partial charge in [0, 0.05) is 14.1 Å². The topological polar surface area (TPSA) is 50.8 Å². The number of nitrogens with one attached hydrogen (secondary N) is 1. The van der Waals surface area contributed by atoms with Crippen molar-refractivity contribution in [2.24, 2.45) is 0 Å². The first-order chi connectivity index (χ1) is 8.49. The number of nitrogens with zero attached hydrogens (tertiary/aromatic N) is 1. The molecule has 0 aromatic heterocycles. The summed E-state index contributed by atoms with van der Waals surface area (Å²) in [5.41, 5.74) is 3.61. The fourth-order valence-electron chi connectivity index (χ4n) is 1.59. The smallest absolute Gasteiger partial charge is 0.241 e. The van der Waals surface area contributed by atoms with E-state index in [4.69, 9.17) is 9.47 Å². The highest BCUT2D eigenvalue weighted by molar-refractivity contribution is 5.83. The molecule has 18 heavy (non-hydrogen) atoms. The van der Waals surface area contributed by atoms with Gasteiger partial charge in [0.25, 0.3) is 0 Å². The third-order valence-corrected chi connectivity index (χ3v) is 2.63. The highest BCUT2D eigenvalue weighted by Gasteiger charge is 2.17. The van der Waals surface area contributed by atoms with Crippen LogP contribution in [0.1, 0.15) is 18.4 Å². The van der Waals surface area contributed by atoms with Gasteiger partial charge in [0.15, 0.2) is 11.5 Å². The first kappa shape index (κ1) is 14.3. The first-order valence-corrected chi connectivity index (χ1v) is 5.69. The van der Waals surface area contributed by atoms with E-state index >= 15 is 0 Å². The van der Waals surface area contributed by atoms with Gasteiger partial charge in [-0.05, 0) is 24.6 Å². The highest BCUT2D eigenvalue weighted by Crippen LogP contribution is 2.30. The van der Waals surface area contributed by atoms with E-state index in [1.165, 1.54) is 0 Å². The minimum Gasteiger partial charge on any atom is -0.493 e. The van der Waals surface area contributed by atoms with Crippen molar-refractivity contribution >= 4 is 5.91 Å². The zero-order valence-electron chi connectivity index (χ0n) is 11.5. The molecule has 1 rings (SSSR count). The molecule has 1 aromatic rings. The Kier molecular flexibility index (Phi) is 4.97. The normalized spacial score (nSPS) is 12.1. The van der Waals surface area contributed by atoms with Crippen molar-refractivity contribution in [3.63, 3.8) is 0 Å². The van der Waals surface area contributed by atoms with Crippen molar-refractivity contribution in [1.82, 2.24) is 10.4 Å². The van der Waals surface area contributed by atoms with Crippen LogP contribution < -0.4 is 14.9 Å². The second-order valence-corrected chi connectivity index (χ2v) is 4.21. The quantitative estimate of drug-likeness (QED) is 0.805. The molecule has 0 spiro atoms. The van der Waals surface area contributed by atoms with Gasteiger partial charge in [-0.3, -0.25) is 10.2 Å². The molecule has 0 bridgehead atoms. The van der Waals surface area contributed by atoms with Crippen LogP contribution in [0.2, 0.25) is 0 Å². The lowest BCUT2D eigenvalue weighted by Gasteiger charge is -2.18. The lowest BCUT2D eigenvalue weighted by atomic mass is 10.00. The number of rotatable bonds is 5. The Morgan fingerprint density at radius 1 is 1.22 bits per heavy atom. The molecule has 0 aliphatic carbocycles. The molecule has 1 unspecified atom stereocenters. The maximum absolute atomic E-state index is 11.9. The summed E-state index contributed by atoms with van der Waals surface area (Å²) in [5.74, 6) is 0.959. The summed E-state index contributed by atoms with van der Waals surface area (Å²) in [6.07, 6.45) is 0. The molecule has 5 nitrogen and oxygen atoms in total. The molecule has 1 atom stereocenters. The van der Waals surface area contributed by atoms with Crippen molar-refractivity contribution in [3.8, 4) is 11.5 Å². The number of hydrogen-bond donors (Lipinski definition) is 1. The Morgan fingerprint density at radius 2 is 1.83 bits per heavy atom. The molecular formula is C13H20N2O3. The highest BCUT2D eigenvalue weighted by atomic mass is 16.5. The number of benzene rings is 1. The zero-order valence-corrected chi connectivity index (χ0v) is 11.5. The Labute approximate surface area is 108 Å². The predicted octanol–water partition coefficient (Wildman–Crippen LogP) is 1.40. The van der Waals surface area contributed by atoms with Crippen LogP contribution >= 0.6 is 0 Å². The molecule has 0 saturated carbocycles. The van der Waals surface area contributed by atoms with Crippen molar-refractivity contribution < 1.29 is 14.3 Å². The minimum absolute atomic E-state index is 0.0628. The van der Waals surface area contributed by atoms with Gasteiger partial charge in [0.05, 0.1) is 20.1 Å². The van der Waals surface area contributed by atoms with Gasteiger partial charge in [-0.1, -0.05) is 6.07 Å². The SMILES string of the molecule is COc1ccc(C(C)C(=O)NN(C)C)cc1OC. The lowest BCUT2D eigenvalue weighted by molar-refractivity contribution is -0.125. The summed E-state index contributed by atoms with van der Waals surface area (Å²) in [7, 11) is 6.71. The van der Waals surface area contributed by atoms with E-state index in [9.17, 15) is 4.79 Å². The Morgan fingerprint density at radius 3 is 2.33 bits per heavy atom. The Hall–Kier alpha value is -1.75. The molecular weight excluding hydrogens is 232 g/mol. The molecule has 5 heteroatoms. The molecule has 0 heterocycles. The molecule has 0 saturated heterocycles. The standard InChI is InChI=1S/C13H20N2O3/c1-9(13(16)14-15(2)3)10-6-7-11(17-4)12(8-10)18-5/h6-9H,1-5H3,(H,14,16). The summed E-state index contributed by atoms with van der Waals surface area (Å²) >= 11 is 0. The average molecular weight is 252 g/mol. The van der Waals surface area contributed by atoms with Crippen molar-refractivity contribution in [1.29, 1.82) is 0 Å². The number of methoxy groups -OCH3 is 2. The van der Waals surface area contributed by atoms with Gasteiger partial charge in [-0.2, -0.15) is 0 Å². The second kappa shape index (κ2) is 6.26. The van der Waals surface area contributed by atoms with Crippen molar-refractivity contribution in [2.75, 3.05) is 28.3 Å². The fourth-order valence-corrected chi connectivity index (χ4v) is 1.59. The van der Waals surface area contributed by atoms with Crippen LogP contribution in [-0.4, -0.2) is 39.2 Å². The molecule has 1 N–H and O–H groups in total. The Balaban J connectivity index is 2.92. The maximum atomic E-state index is 11.9. The summed E-state index contributed by atoms with van der Waals surface area (Å²) in [6, 6.07) is 5.48. The van der Waals surface area contributed by atoms with Gasteiger partial charge in [-0.15, -0.1) is 0 Å². The van der Waals surface area contributed by atoms with E-state index in [0.717, 1.165) is 5.56 Å². The summed E-state index contributed by atoms with van der Waals surface area (Å²) in [5, 5.41) is 1.62. The maximum Gasteiger partial charge on any atom is 0.241 e. The molecule has 1 amide bonds. The molecule has 0 fully saturated rings. The number of hydrogen-bond acceptors (Lipinski definition) is 4. The van der Waals surface area contributed by atoms with Crippen molar-refractivity contribution in [3.05, 3.63) is 23.8 Å². The van der Waals surface area contributed by atoms with Crippen LogP contribution in [0.15, 0.2) is 18.2 Å². The zero-order chi connectivity index (χ0) is 13.7. The van der Waals surface area contributed by atoms with Gasteiger partial charge >= 0.3 is 0 Å². The number of hydrazine groups is 1. The monoisotopic (exact) mass is 252 g/mol. The molecule has 0 aliphatic rings. The van der Waals surface area contributed by atoms with E-state index < -0.39 is 0 Å². The van der Waals surface area contributed by atoms with Crippen LogP contribution in [0, 0.1) is 0 Å². The molecule has 100 valence electrons. The third kappa shape index (κ3) is 3.37. The number of ether oxygens (including phenoxy) is 2. The third-order valence-electron chi connectivity index (χ3n) is 2.63. The molecule has 1 aromatic carbocycles. The van der Waals surface area contributed by atoms with E-state index in [-0.39, 0.29) is 11.8 Å². The van der Waals surface area contributed by atoms with Gasteiger partial charge in [0.1, 0.15) is 0 Å². The molecule has 0 radical (unpaired) electrons. The van der Waals surface area contributed by atoms with Crippen LogP contribution in [-0.2, 0) is 4.79 Å². The van der Waals surface area contributed by atoms with Crippen LogP contribution in [0.4, 0.5) is 0 Å². The van der Waals surface area contributed by atoms with E-state index in [1.54, 1.807) is 39.4 Å². The van der Waals surface area contributed by atoms with E-state index in [2.05, 4.69) is 5.43 Å². The van der Waals surface area contributed by atoms with Gasteiger partial charge < -0.3 is 9.47 Å². The number of carbonyl (C=O) groups is 1. The van der Waals surface area contributed by atoms with Crippen LogP contribution in [0.25, 0.3) is 0 Å². The fraction of sp³-hybridized carbons (Fsp3) is 0.462. The summed E-state index contributed by atoms with van der Waals surface area (Å²) in [6.45, 7) is 1.85. The van der Waals surface area contributed by atoms with Gasteiger partial charge in [-0.25, -0.2) is 5.01 Å².